The Labute approximate surface area is 131 Å². The Balaban J connectivity index is 2.00. The van der Waals surface area contributed by atoms with E-state index in [0.29, 0.717) is 24.1 Å². The van der Waals surface area contributed by atoms with Crippen molar-refractivity contribution in [3.63, 3.8) is 0 Å². The van der Waals surface area contributed by atoms with Crippen LogP contribution < -0.4 is 10.0 Å². The maximum atomic E-state index is 12.3. The summed E-state index contributed by atoms with van der Waals surface area (Å²) in [6.45, 7) is 8.23. The number of rotatable bonds is 6. The van der Waals surface area contributed by atoms with E-state index < -0.39 is 10.2 Å². The van der Waals surface area contributed by atoms with Crippen molar-refractivity contribution in [1.29, 1.82) is 0 Å². The lowest BCUT2D eigenvalue weighted by Crippen LogP contribution is -2.41. The lowest BCUT2D eigenvalue weighted by atomic mass is 10.0. The lowest BCUT2D eigenvalue weighted by molar-refractivity contribution is 0.289. The van der Waals surface area contributed by atoms with E-state index in [4.69, 9.17) is 0 Å². The number of anilines is 1. The van der Waals surface area contributed by atoms with Gasteiger partial charge in [-0.1, -0.05) is 13.8 Å². The van der Waals surface area contributed by atoms with Crippen molar-refractivity contribution in [3.8, 4) is 0 Å². The first-order valence-corrected chi connectivity index (χ1v) is 9.71. The van der Waals surface area contributed by atoms with Gasteiger partial charge in [0.05, 0.1) is 5.69 Å². The van der Waals surface area contributed by atoms with E-state index in [9.17, 15) is 8.42 Å². The van der Waals surface area contributed by atoms with Gasteiger partial charge in [0.25, 0.3) is 0 Å². The van der Waals surface area contributed by atoms with Crippen LogP contribution in [0.5, 0.6) is 0 Å². The maximum Gasteiger partial charge on any atom is 0.303 e. The van der Waals surface area contributed by atoms with E-state index in [-0.39, 0.29) is 6.04 Å². The third kappa shape index (κ3) is 4.38. The average Bonchev–Trinajstić information content (AvgIpc) is 2.87. The van der Waals surface area contributed by atoms with E-state index in [1.165, 1.54) is 15.6 Å². The molecule has 1 aromatic heterocycles. The summed E-state index contributed by atoms with van der Waals surface area (Å²) in [6, 6.07) is 0.125. The number of nitrogens with one attached hydrogen (secondary N) is 2. The molecule has 0 saturated carbocycles. The van der Waals surface area contributed by atoms with Crippen LogP contribution >= 0.6 is 11.3 Å². The van der Waals surface area contributed by atoms with Crippen molar-refractivity contribution in [2.24, 2.45) is 5.92 Å². The molecule has 8 heteroatoms. The highest BCUT2D eigenvalue weighted by atomic mass is 32.2. The summed E-state index contributed by atoms with van der Waals surface area (Å²) in [5.74, 6) is 0.601. The van der Waals surface area contributed by atoms with Crippen LogP contribution in [0.3, 0.4) is 0 Å². The van der Waals surface area contributed by atoms with Gasteiger partial charge < -0.3 is 5.32 Å². The molecule has 120 valence electrons. The maximum absolute atomic E-state index is 12.3. The fraction of sp³-hybridized carbons (Fsp3) is 0.769. The zero-order chi connectivity index (χ0) is 15.5. The number of aromatic nitrogens is 1. The topological polar surface area (TPSA) is 74.3 Å². The monoisotopic (exact) mass is 332 g/mol. The lowest BCUT2D eigenvalue weighted by Gasteiger charge is -2.29. The third-order valence-corrected chi connectivity index (χ3v) is 6.18. The molecule has 0 aliphatic carbocycles. The predicted octanol–water partition coefficient (Wildman–Crippen LogP) is 2.20. The van der Waals surface area contributed by atoms with Gasteiger partial charge in [0.2, 0.25) is 0 Å². The van der Waals surface area contributed by atoms with Crippen LogP contribution in [0.2, 0.25) is 0 Å². The summed E-state index contributed by atoms with van der Waals surface area (Å²) < 4.78 is 28.8. The molecule has 1 atom stereocenters. The number of thiazole rings is 1. The van der Waals surface area contributed by atoms with Gasteiger partial charge in [0.15, 0.2) is 5.13 Å². The van der Waals surface area contributed by atoms with Crippen molar-refractivity contribution >= 4 is 26.7 Å². The SMILES string of the molecule is CCNC(C)c1csc(NS(=O)(=O)N2CCC(C)CC2)n1. The molecule has 0 spiro atoms. The van der Waals surface area contributed by atoms with Gasteiger partial charge in [-0.15, -0.1) is 11.3 Å². The van der Waals surface area contributed by atoms with Crippen molar-refractivity contribution in [2.45, 2.75) is 39.7 Å². The second-order valence-electron chi connectivity index (χ2n) is 5.55. The summed E-state index contributed by atoms with van der Waals surface area (Å²) in [4.78, 5) is 4.36. The van der Waals surface area contributed by atoms with Crippen molar-refractivity contribution < 1.29 is 8.42 Å². The highest BCUT2D eigenvalue weighted by molar-refractivity contribution is 7.90. The molecule has 1 aromatic rings. The van der Waals surface area contributed by atoms with Crippen LogP contribution in [0, 0.1) is 5.92 Å². The minimum atomic E-state index is -3.47. The number of nitrogens with zero attached hydrogens (tertiary/aromatic N) is 2. The molecular weight excluding hydrogens is 308 g/mol. The Hall–Kier alpha value is -0.700. The molecule has 21 heavy (non-hydrogen) atoms. The van der Waals surface area contributed by atoms with Crippen LogP contribution in [0.1, 0.15) is 45.3 Å². The van der Waals surface area contributed by atoms with Crippen molar-refractivity contribution in [3.05, 3.63) is 11.1 Å². The third-order valence-electron chi connectivity index (χ3n) is 3.77. The molecule has 0 amide bonds. The molecule has 1 fully saturated rings. The highest BCUT2D eigenvalue weighted by Gasteiger charge is 2.27. The molecule has 2 N–H and O–H groups in total. The molecule has 0 bridgehead atoms. The summed E-state index contributed by atoms with van der Waals surface area (Å²) in [6.07, 6.45) is 1.84. The van der Waals surface area contributed by atoms with E-state index in [1.807, 2.05) is 19.2 Å². The van der Waals surface area contributed by atoms with Gasteiger partial charge in [-0.3, -0.25) is 0 Å². The first kappa shape index (κ1) is 16.7. The van der Waals surface area contributed by atoms with Gasteiger partial charge in [-0.2, -0.15) is 12.7 Å². The summed E-state index contributed by atoms with van der Waals surface area (Å²) >= 11 is 1.33. The first-order valence-electron chi connectivity index (χ1n) is 7.39. The van der Waals surface area contributed by atoms with Gasteiger partial charge in [-0.25, -0.2) is 9.71 Å². The molecule has 1 saturated heterocycles. The molecular formula is C13H24N4O2S2. The first-order chi connectivity index (χ1) is 9.92. The van der Waals surface area contributed by atoms with Crippen LogP contribution in [-0.2, 0) is 10.2 Å². The quantitative estimate of drug-likeness (QED) is 0.837. The number of piperidine rings is 1. The Bertz CT molecular complexity index is 550. The van der Waals surface area contributed by atoms with E-state index in [0.717, 1.165) is 25.1 Å². The smallest absolute Gasteiger partial charge is 0.303 e. The fourth-order valence-electron chi connectivity index (χ4n) is 2.34. The second-order valence-corrected chi connectivity index (χ2v) is 8.07. The van der Waals surface area contributed by atoms with Crippen LogP contribution in [0.25, 0.3) is 0 Å². The Morgan fingerprint density at radius 3 is 2.76 bits per heavy atom. The minimum Gasteiger partial charge on any atom is -0.309 e. The zero-order valence-corrected chi connectivity index (χ0v) is 14.4. The fourth-order valence-corrected chi connectivity index (χ4v) is 4.59. The second kappa shape index (κ2) is 7.04. The normalized spacial score (nSPS) is 19.6. The predicted molar refractivity (Wildman–Crippen MR) is 86.7 cm³/mol. The molecule has 1 aliphatic heterocycles. The van der Waals surface area contributed by atoms with Crippen LogP contribution in [-0.4, -0.2) is 37.3 Å². The highest BCUT2D eigenvalue weighted by Crippen LogP contribution is 2.24. The standard InChI is InChI=1S/C13H24N4O2S2/c1-4-14-11(3)12-9-20-13(15-12)16-21(18,19)17-7-5-10(2)6-8-17/h9-11,14H,4-8H2,1-3H3,(H,15,16). The van der Waals surface area contributed by atoms with Gasteiger partial charge in [-0.05, 0) is 32.2 Å². The largest absolute Gasteiger partial charge is 0.309 e. The molecule has 1 unspecified atom stereocenters. The van der Waals surface area contributed by atoms with Gasteiger partial charge >= 0.3 is 10.2 Å². The van der Waals surface area contributed by atoms with Crippen LogP contribution in [0.4, 0.5) is 5.13 Å². The molecule has 6 nitrogen and oxygen atoms in total. The number of hydrogen-bond donors (Lipinski definition) is 2. The zero-order valence-electron chi connectivity index (χ0n) is 12.8. The molecule has 2 rings (SSSR count). The molecule has 0 aromatic carbocycles. The summed E-state index contributed by atoms with van der Waals surface area (Å²) in [7, 11) is -3.47. The molecule has 1 aliphatic rings. The average molecular weight is 332 g/mol. The Morgan fingerprint density at radius 1 is 1.48 bits per heavy atom. The van der Waals surface area contributed by atoms with Gasteiger partial charge in [0.1, 0.15) is 0 Å². The molecule has 2 heterocycles. The van der Waals surface area contributed by atoms with E-state index in [1.54, 1.807) is 0 Å². The van der Waals surface area contributed by atoms with Gasteiger partial charge in [0, 0.05) is 24.5 Å². The van der Waals surface area contributed by atoms with E-state index >= 15 is 0 Å². The number of hydrogen-bond acceptors (Lipinski definition) is 5. The minimum absolute atomic E-state index is 0.125. The Morgan fingerprint density at radius 2 is 2.14 bits per heavy atom. The summed E-state index contributed by atoms with van der Waals surface area (Å²) in [5, 5.41) is 5.59. The molecule has 0 radical (unpaired) electrons. The Kier molecular flexibility index (Phi) is 5.59. The van der Waals surface area contributed by atoms with Crippen molar-refractivity contribution in [2.75, 3.05) is 24.4 Å². The van der Waals surface area contributed by atoms with Crippen LogP contribution in [0.15, 0.2) is 5.38 Å². The summed E-state index contributed by atoms with van der Waals surface area (Å²) in [5.41, 5.74) is 0.867. The van der Waals surface area contributed by atoms with E-state index in [2.05, 4.69) is 21.9 Å². The van der Waals surface area contributed by atoms with Crippen molar-refractivity contribution in [1.82, 2.24) is 14.6 Å².